The molecule has 0 unspecified atom stereocenters. The van der Waals surface area contributed by atoms with Crippen molar-refractivity contribution >= 4 is 17.5 Å². The summed E-state index contributed by atoms with van der Waals surface area (Å²) in [6.45, 7) is 4.12. The lowest BCUT2D eigenvalue weighted by Crippen LogP contribution is -2.51. The van der Waals surface area contributed by atoms with E-state index in [9.17, 15) is 18.0 Å². The van der Waals surface area contributed by atoms with Crippen molar-refractivity contribution in [3.05, 3.63) is 58.6 Å². The van der Waals surface area contributed by atoms with Crippen molar-refractivity contribution in [1.82, 2.24) is 29.9 Å². The normalized spacial score (nSPS) is 18.9. The number of halogens is 4. The molecule has 0 radical (unpaired) electrons. The minimum Gasteiger partial charge on any atom is -0.471 e. The number of alkyl halides is 3. The topological polar surface area (TPSA) is 86.0 Å². The molecule has 1 aliphatic heterocycles. The minimum atomic E-state index is -4.56. The van der Waals surface area contributed by atoms with Crippen LogP contribution in [0.5, 0.6) is 5.88 Å². The summed E-state index contributed by atoms with van der Waals surface area (Å²) in [5.74, 6) is -0.0708. The highest BCUT2D eigenvalue weighted by molar-refractivity contribution is 6.31. The third kappa shape index (κ3) is 4.77. The first-order valence-electron chi connectivity index (χ1n) is 10.2. The third-order valence-corrected chi connectivity index (χ3v) is 5.69. The van der Waals surface area contributed by atoms with Crippen LogP contribution in [0.1, 0.15) is 41.3 Å². The van der Waals surface area contributed by atoms with Crippen molar-refractivity contribution in [2.24, 2.45) is 0 Å². The van der Waals surface area contributed by atoms with E-state index in [1.165, 1.54) is 17.2 Å². The molecule has 1 aliphatic rings. The lowest BCUT2D eigenvalue weighted by atomic mass is 9.98. The highest BCUT2D eigenvalue weighted by atomic mass is 35.5. The summed E-state index contributed by atoms with van der Waals surface area (Å²) in [7, 11) is 0. The molecule has 33 heavy (non-hydrogen) atoms. The van der Waals surface area contributed by atoms with Gasteiger partial charge in [0.2, 0.25) is 5.88 Å². The Morgan fingerprint density at radius 2 is 1.91 bits per heavy atom. The summed E-state index contributed by atoms with van der Waals surface area (Å²) < 4.78 is 44.5. The smallest absolute Gasteiger partial charge is 0.417 e. The van der Waals surface area contributed by atoms with Crippen LogP contribution in [0.25, 0.3) is 5.82 Å². The first kappa shape index (κ1) is 23.0. The van der Waals surface area contributed by atoms with Gasteiger partial charge in [0, 0.05) is 18.9 Å². The van der Waals surface area contributed by atoms with Crippen molar-refractivity contribution in [3.8, 4) is 11.7 Å². The van der Waals surface area contributed by atoms with Crippen LogP contribution in [0.2, 0.25) is 5.02 Å². The Balaban J connectivity index is 1.57. The summed E-state index contributed by atoms with van der Waals surface area (Å²) in [6.07, 6.45) is 1.44. The highest BCUT2D eigenvalue weighted by Gasteiger charge is 2.36. The van der Waals surface area contributed by atoms with Gasteiger partial charge in [0.25, 0.3) is 5.91 Å². The number of rotatable bonds is 4. The molecule has 0 aliphatic carbocycles. The molecule has 0 N–H and O–H groups in total. The van der Waals surface area contributed by atoms with E-state index in [4.69, 9.17) is 16.3 Å². The van der Waals surface area contributed by atoms with E-state index < -0.39 is 23.9 Å². The van der Waals surface area contributed by atoms with E-state index in [-0.39, 0.29) is 16.8 Å². The van der Waals surface area contributed by atoms with Crippen LogP contribution in [0.15, 0.2) is 36.9 Å². The van der Waals surface area contributed by atoms with Gasteiger partial charge >= 0.3 is 6.18 Å². The molecule has 1 amide bonds. The number of aryl methyl sites for hydroxylation is 1. The Labute approximate surface area is 192 Å². The Kier molecular flexibility index (Phi) is 6.24. The number of nitrogens with zero attached hydrogens (tertiary/aromatic N) is 6. The van der Waals surface area contributed by atoms with Crippen molar-refractivity contribution in [1.29, 1.82) is 0 Å². The number of piperidine rings is 1. The fourth-order valence-corrected chi connectivity index (χ4v) is 3.93. The van der Waals surface area contributed by atoms with Gasteiger partial charge in [0.15, 0.2) is 5.82 Å². The molecule has 0 saturated carbocycles. The zero-order valence-corrected chi connectivity index (χ0v) is 18.5. The maximum atomic E-state index is 13.5. The average molecular weight is 481 g/mol. The first-order valence-corrected chi connectivity index (χ1v) is 10.6. The van der Waals surface area contributed by atoms with Crippen LogP contribution in [-0.2, 0) is 6.18 Å². The van der Waals surface area contributed by atoms with Gasteiger partial charge in [-0.2, -0.15) is 23.4 Å². The third-order valence-electron chi connectivity index (χ3n) is 5.42. The lowest BCUT2D eigenvalue weighted by Gasteiger charge is -2.39. The molecule has 2 atom stereocenters. The van der Waals surface area contributed by atoms with E-state index in [0.29, 0.717) is 37.0 Å². The molecule has 3 aromatic rings. The van der Waals surface area contributed by atoms with E-state index in [0.717, 1.165) is 11.6 Å². The van der Waals surface area contributed by atoms with Gasteiger partial charge in [-0.05, 0) is 44.4 Å². The molecule has 3 aromatic heterocycles. The standard InChI is InChI=1S/C21H20ClF3N6O2/c1-12-8-15(18(26-10-12)31-28-5-6-29-31)20(32)30-7-3-4-17(13(30)2)33-19-16(22)9-14(11-27-19)21(23,24)25/h5-6,8-11,13,17H,3-4,7H2,1-2H3/t13-,17+/m0/s1. The summed E-state index contributed by atoms with van der Waals surface area (Å²) in [5, 5.41) is 7.91. The summed E-state index contributed by atoms with van der Waals surface area (Å²) in [5.41, 5.74) is 0.178. The number of hydrogen-bond donors (Lipinski definition) is 0. The quantitative estimate of drug-likeness (QED) is 0.558. The van der Waals surface area contributed by atoms with Gasteiger partial charge in [0.05, 0.1) is 29.6 Å². The highest BCUT2D eigenvalue weighted by Crippen LogP contribution is 2.34. The number of hydrogen-bond acceptors (Lipinski definition) is 6. The lowest BCUT2D eigenvalue weighted by molar-refractivity contribution is -0.137. The van der Waals surface area contributed by atoms with Crippen LogP contribution in [0, 0.1) is 6.92 Å². The molecule has 1 fully saturated rings. The minimum absolute atomic E-state index is 0.102. The number of aromatic nitrogens is 5. The van der Waals surface area contributed by atoms with Crippen LogP contribution < -0.4 is 4.74 Å². The zero-order chi connectivity index (χ0) is 23.8. The molecule has 0 aromatic carbocycles. The van der Waals surface area contributed by atoms with E-state index in [1.807, 2.05) is 13.8 Å². The molecule has 0 spiro atoms. The Morgan fingerprint density at radius 1 is 1.18 bits per heavy atom. The summed E-state index contributed by atoms with van der Waals surface area (Å²) in [6, 6.07) is 2.10. The molecule has 1 saturated heterocycles. The second kappa shape index (κ2) is 8.97. The van der Waals surface area contributed by atoms with Crippen LogP contribution >= 0.6 is 11.6 Å². The number of amides is 1. The Bertz CT molecular complexity index is 1160. The molecule has 4 heterocycles. The molecule has 8 nitrogen and oxygen atoms in total. The Hall–Kier alpha value is -3.21. The Morgan fingerprint density at radius 3 is 2.58 bits per heavy atom. The van der Waals surface area contributed by atoms with Crippen molar-refractivity contribution in [3.63, 3.8) is 0 Å². The molecule has 12 heteroatoms. The van der Waals surface area contributed by atoms with Gasteiger partial charge in [-0.1, -0.05) is 11.6 Å². The largest absolute Gasteiger partial charge is 0.471 e. The molecular formula is C21H20ClF3N6O2. The van der Waals surface area contributed by atoms with Crippen molar-refractivity contribution < 1.29 is 22.7 Å². The monoisotopic (exact) mass is 480 g/mol. The second-order valence-corrected chi connectivity index (χ2v) is 8.16. The number of carbonyl (C=O) groups is 1. The number of ether oxygens (including phenoxy) is 1. The fourth-order valence-electron chi connectivity index (χ4n) is 3.72. The fraction of sp³-hybridized carbons (Fsp3) is 0.381. The predicted molar refractivity (Wildman–Crippen MR) is 112 cm³/mol. The summed E-state index contributed by atoms with van der Waals surface area (Å²) in [4.78, 5) is 24.5. The predicted octanol–water partition coefficient (Wildman–Crippen LogP) is 4.11. The maximum Gasteiger partial charge on any atom is 0.417 e. The second-order valence-electron chi connectivity index (χ2n) is 7.75. The van der Waals surface area contributed by atoms with Gasteiger partial charge < -0.3 is 9.64 Å². The van der Waals surface area contributed by atoms with Crippen LogP contribution in [-0.4, -0.2) is 54.5 Å². The zero-order valence-electron chi connectivity index (χ0n) is 17.8. The van der Waals surface area contributed by atoms with Crippen LogP contribution in [0.4, 0.5) is 13.2 Å². The summed E-state index contributed by atoms with van der Waals surface area (Å²) >= 11 is 6.00. The van der Waals surface area contributed by atoms with Gasteiger partial charge in [-0.15, -0.1) is 4.80 Å². The van der Waals surface area contributed by atoms with E-state index in [2.05, 4.69) is 20.2 Å². The van der Waals surface area contributed by atoms with Crippen molar-refractivity contribution in [2.75, 3.05) is 6.54 Å². The molecule has 0 bridgehead atoms. The SMILES string of the molecule is Cc1cnc(-n2nccn2)c(C(=O)N2CCC[C@@H](Oc3ncc(C(F)(F)F)cc3Cl)[C@@H]2C)c1. The number of pyridine rings is 2. The first-order chi connectivity index (χ1) is 15.6. The average Bonchev–Trinajstić information content (AvgIpc) is 3.30. The molecule has 174 valence electrons. The maximum absolute atomic E-state index is 13.5. The molecule has 4 rings (SSSR count). The van der Waals surface area contributed by atoms with Crippen LogP contribution in [0.3, 0.4) is 0 Å². The van der Waals surface area contributed by atoms with Gasteiger partial charge in [-0.25, -0.2) is 9.97 Å². The van der Waals surface area contributed by atoms with Gasteiger partial charge in [0.1, 0.15) is 11.1 Å². The van der Waals surface area contributed by atoms with E-state index in [1.54, 1.807) is 17.2 Å². The van der Waals surface area contributed by atoms with Gasteiger partial charge in [-0.3, -0.25) is 4.79 Å². The number of carbonyl (C=O) groups excluding carboxylic acids is 1. The van der Waals surface area contributed by atoms with E-state index >= 15 is 0 Å². The number of likely N-dealkylation sites (tertiary alicyclic amines) is 1. The van der Waals surface area contributed by atoms with Crippen molar-refractivity contribution in [2.45, 2.75) is 45.0 Å². The molecular weight excluding hydrogens is 461 g/mol.